The highest BCUT2D eigenvalue weighted by Crippen LogP contribution is 1.89. The first kappa shape index (κ1) is 10.5. The molecular weight excluding hydrogens is 186 g/mol. The number of hydrogen-bond donors (Lipinski definition) is 2. The van der Waals surface area contributed by atoms with E-state index in [1.54, 1.807) is 7.11 Å². The Balaban J connectivity index is 2.27. The fourth-order valence-corrected chi connectivity index (χ4v) is 0.864. The van der Waals surface area contributed by atoms with Gasteiger partial charge in [0.2, 0.25) is 5.91 Å². The number of nitrogen functional groups attached to an aromatic ring is 1. The lowest BCUT2D eigenvalue weighted by atomic mass is 10.5. The fourth-order valence-electron chi connectivity index (χ4n) is 0.864. The van der Waals surface area contributed by atoms with E-state index in [2.05, 4.69) is 15.5 Å². The Kier molecular flexibility index (Phi) is 3.86. The number of nitrogens with two attached hydrogens (primary N) is 1. The first-order chi connectivity index (χ1) is 6.72. The molecule has 0 fully saturated rings. The highest BCUT2D eigenvalue weighted by molar-refractivity contribution is 5.75. The quantitative estimate of drug-likeness (QED) is 0.570. The summed E-state index contributed by atoms with van der Waals surface area (Å²) in [6, 6.07) is 0. The van der Waals surface area contributed by atoms with E-state index in [4.69, 9.17) is 10.5 Å². The molecule has 0 spiro atoms. The van der Waals surface area contributed by atoms with Gasteiger partial charge in [0.25, 0.3) is 0 Å². The number of nitrogens with one attached hydrogen (secondary N) is 1. The van der Waals surface area contributed by atoms with Crippen molar-refractivity contribution in [3.8, 4) is 0 Å². The van der Waals surface area contributed by atoms with Gasteiger partial charge in [-0.15, -0.1) is 5.10 Å². The molecule has 0 atom stereocenters. The summed E-state index contributed by atoms with van der Waals surface area (Å²) in [6.07, 6.45) is 1.39. The molecule has 0 aliphatic heterocycles. The van der Waals surface area contributed by atoms with Gasteiger partial charge in [-0.1, -0.05) is 0 Å². The van der Waals surface area contributed by atoms with Crippen molar-refractivity contribution < 1.29 is 9.53 Å². The molecule has 78 valence electrons. The highest BCUT2D eigenvalue weighted by Gasteiger charge is 2.03. The van der Waals surface area contributed by atoms with E-state index < -0.39 is 0 Å². The van der Waals surface area contributed by atoms with Gasteiger partial charge in [0, 0.05) is 13.7 Å². The summed E-state index contributed by atoms with van der Waals surface area (Å²) < 4.78 is 4.77. The zero-order chi connectivity index (χ0) is 10.4. The number of hydrogen-bond acceptors (Lipinski definition) is 5. The molecule has 0 saturated carbocycles. The fraction of sp³-hybridized carbons (Fsp3) is 0.571. The van der Waals surface area contributed by atoms with Crippen molar-refractivity contribution in [1.29, 1.82) is 0 Å². The van der Waals surface area contributed by atoms with Crippen LogP contribution in [0.25, 0.3) is 0 Å². The third kappa shape index (κ3) is 3.40. The van der Waals surface area contributed by atoms with Crippen LogP contribution in [0.4, 0.5) is 5.82 Å². The molecule has 0 aromatic carbocycles. The van der Waals surface area contributed by atoms with Crippen molar-refractivity contribution in [1.82, 2.24) is 20.3 Å². The molecule has 7 nitrogen and oxygen atoms in total. The van der Waals surface area contributed by atoms with Gasteiger partial charge >= 0.3 is 0 Å². The Bertz CT molecular complexity index is 298. The van der Waals surface area contributed by atoms with Gasteiger partial charge in [-0.05, 0) is 0 Å². The Hall–Kier alpha value is -1.63. The van der Waals surface area contributed by atoms with E-state index in [1.807, 2.05) is 0 Å². The number of rotatable bonds is 5. The van der Waals surface area contributed by atoms with E-state index >= 15 is 0 Å². The van der Waals surface area contributed by atoms with Crippen molar-refractivity contribution in [3.05, 3.63) is 6.20 Å². The minimum atomic E-state index is -0.169. The molecule has 1 heterocycles. The van der Waals surface area contributed by atoms with Crippen LogP contribution in [0.1, 0.15) is 0 Å². The number of methoxy groups -OCH3 is 1. The summed E-state index contributed by atoms with van der Waals surface area (Å²) in [5.74, 6) is 0.132. The van der Waals surface area contributed by atoms with Gasteiger partial charge < -0.3 is 15.8 Å². The molecule has 3 N–H and O–H groups in total. The molecule has 1 rings (SSSR count). The van der Waals surface area contributed by atoms with Crippen LogP contribution in [-0.2, 0) is 16.1 Å². The normalized spacial score (nSPS) is 10.1. The molecule has 0 bridgehead atoms. The molecule has 0 saturated heterocycles. The summed E-state index contributed by atoms with van der Waals surface area (Å²) >= 11 is 0. The van der Waals surface area contributed by atoms with E-state index in [0.29, 0.717) is 19.0 Å². The molecule has 1 aromatic heterocycles. The number of amides is 1. The van der Waals surface area contributed by atoms with Crippen molar-refractivity contribution in [2.75, 3.05) is 26.0 Å². The van der Waals surface area contributed by atoms with E-state index in [0.717, 1.165) is 0 Å². The average molecular weight is 199 g/mol. The molecule has 14 heavy (non-hydrogen) atoms. The van der Waals surface area contributed by atoms with Gasteiger partial charge in [-0.3, -0.25) is 4.79 Å². The van der Waals surface area contributed by atoms with Crippen LogP contribution in [0.3, 0.4) is 0 Å². The Labute approximate surface area is 81.2 Å². The highest BCUT2D eigenvalue weighted by atomic mass is 16.5. The predicted octanol–water partition coefficient (Wildman–Crippen LogP) is -1.38. The van der Waals surface area contributed by atoms with Crippen LogP contribution in [0, 0.1) is 0 Å². The molecule has 0 unspecified atom stereocenters. The summed E-state index contributed by atoms with van der Waals surface area (Å²) in [7, 11) is 1.57. The van der Waals surface area contributed by atoms with Crippen LogP contribution in [0.15, 0.2) is 6.20 Å². The second-order valence-electron chi connectivity index (χ2n) is 2.64. The number of anilines is 1. The number of carbonyl (C=O) groups excluding carboxylic acids is 1. The van der Waals surface area contributed by atoms with Crippen LogP contribution >= 0.6 is 0 Å². The van der Waals surface area contributed by atoms with Crippen LogP contribution in [-0.4, -0.2) is 41.2 Å². The lowest BCUT2D eigenvalue weighted by Crippen LogP contribution is -2.31. The van der Waals surface area contributed by atoms with Gasteiger partial charge in [-0.2, -0.15) is 9.90 Å². The molecule has 1 amide bonds. The van der Waals surface area contributed by atoms with Crippen molar-refractivity contribution >= 4 is 11.7 Å². The summed E-state index contributed by atoms with van der Waals surface area (Å²) in [5.41, 5.74) is 5.33. The predicted molar refractivity (Wildman–Crippen MR) is 49.3 cm³/mol. The lowest BCUT2D eigenvalue weighted by molar-refractivity contribution is -0.122. The third-order valence-electron chi connectivity index (χ3n) is 1.47. The maximum atomic E-state index is 11.2. The average Bonchev–Trinajstić information content (AvgIpc) is 2.52. The first-order valence-corrected chi connectivity index (χ1v) is 4.13. The van der Waals surface area contributed by atoms with Crippen molar-refractivity contribution in [2.24, 2.45) is 0 Å². The Morgan fingerprint density at radius 1 is 1.79 bits per heavy atom. The monoisotopic (exact) mass is 199 g/mol. The van der Waals surface area contributed by atoms with Crippen LogP contribution in [0.5, 0.6) is 0 Å². The maximum absolute atomic E-state index is 11.2. The van der Waals surface area contributed by atoms with Gasteiger partial charge in [0.15, 0.2) is 5.82 Å². The van der Waals surface area contributed by atoms with Crippen molar-refractivity contribution in [2.45, 2.75) is 6.54 Å². The van der Waals surface area contributed by atoms with Crippen LogP contribution < -0.4 is 11.1 Å². The second kappa shape index (κ2) is 5.18. The number of aromatic nitrogens is 3. The molecule has 0 aliphatic rings. The van der Waals surface area contributed by atoms with Gasteiger partial charge in [-0.25, -0.2) is 0 Å². The summed E-state index contributed by atoms with van der Waals surface area (Å²) in [4.78, 5) is 12.4. The van der Waals surface area contributed by atoms with Crippen molar-refractivity contribution in [3.63, 3.8) is 0 Å². The maximum Gasteiger partial charge on any atom is 0.243 e. The zero-order valence-corrected chi connectivity index (χ0v) is 7.93. The SMILES string of the molecule is COCCNC(=O)Cn1ncc(N)n1. The zero-order valence-electron chi connectivity index (χ0n) is 7.93. The molecule has 0 aliphatic carbocycles. The van der Waals surface area contributed by atoms with Gasteiger partial charge in [0.05, 0.1) is 12.8 Å². The molecule has 1 aromatic rings. The summed E-state index contributed by atoms with van der Waals surface area (Å²) in [6.45, 7) is 1.04. The molecule has 7 heteroatoms. The van der Waals surface area contributed by atoms with E-state index in [1.165, 1.54) is 11.0 Å². The lowest BCUT2D eigenvalue weighted by Gasteiger charge is -2.02. The second-order valence-corrected chi connectivity index (χ2v) is 2.64. The van der Waals surface area contributed by atoms with E-state index in [-0.39, 0.29) is 12.5 Å². The Morgan fingerprint density at radius 3 is 3.14 bits per heavy atom. The largest absolute Gasteiger partial charge is 0.383 e. The number of ether oxygens (including phenoxy) is 1. The first-order valence-electron chi connectivity index (χ1n) is 4.13. The van der Waals surface area contributed by atoms with Gasteiger partial charge in [0.1, 0.15) is 6.54 Å². The number of carbonyl (C=O) groups is 1. The molecular formula is C7H13N5O2. The Morgan fingerprint density at radius 2 is 2.57 bits per heavy atom. The van der Waals surface area contributed by atoms with Crippen LogP contribution in [0.2, 0.25) is 0 Å². The standard InChI is InChI=1S/C7H13N5O2/c1-14-3-2-9-7(13)5-12-10-4-6(8)11-12/h4H,2-3,5H2,1H3,(H2,8,11)(H,9,13). The smallest absolute Gasteiger partial charge is 0.243 e. The number of nitrogens with zero attached hydrogens (tertiary/aromatic N) is 3. The minimum absolute atomic E-state index is 0.0704. The molecule has 0 radical (unpaired) electrons. The third-order valence-corrected chi connectivity index (χ3v) is 1.47. The topological polar surface area (TPSA) is 95.1 Å². The van der Waals surface area contributed by atoms with E-state index in [9.17, 15) is 4.79 Å². The summed E-state index contributed by atoms with van der Waals surface area (Å²) in [5, 5.41) is 10.2. The minimum Gasteiger partial charge on any atom is -0.383 e.